The van der Waals surface area contributed by atoms with E-state index >= 15 is 0 Å². The Hall–Kier alpha value is -0.790. The van der Waals surface area contributed by atoms with Crippen molar-refractivity contribution >= 4 is 6.47 Å². The maximum atomic E-state index is 9.71. The van der Waals surface area contributed by atoms with Gasteiger partial charge in [0.25, 0.3) is 6.47 Å². The van der Waals surface area contributed by atoms with E-state index in [0.717, 1.165) is 6.42 Å². The van der Waals surface area contributed by atoms with E-state index in [2.05, 4.69) is 11.7 Å². The Bertz CT molecular complexity index is 119. The minimum absolute atomic E-state index is 0.438. The summed E-state index contributed by atoms with van der Waals surface area (Å²) in [5.41, 5.74) is 0. The number of hydrogen-bond acceptors (Lipinski definition) is 2. The zero-order chi connectivity index (χ0) is 9.07. The summed E-state index contributed by atoms with van der Waals surface area (Å²) >= 11 is 0. The number of ether oxygens (including phenoxy) is 1. The molecular formula is C10H18O2. The summed E-state index contributed by atoms with van der Waals surface area (Å²) in [6.07, 6.45) is 10.8. The van der Waals surface area contributed by atoms with Gasteiger partial charge in [0.1, 0.15) is 0 Å². The zero-order valence-corrected chi connectivity index (χ0v) is 7.79. The molecule has 0 saturated carbocycles. The summed E-state index contributed by atoms with van der Waals surface area (Å²) in [6.45, 7) is 2.64. The number of hydrogen-bond donors (Lipinski definition) is 0. The summed E-state index contributed by atoms with van der Waals surface area (Å²) in [4.78, 5) is 9.71. The highest BCUT2D eigenvalue weighted by atomic mass is 16.5. The van der Waals surface area contributed by atoms with Crippen LogP contribution in [0.3, 0.4) is 0 Å². The molecule has 0 N–H and O–H groups in total. The fraction of sp³-hybridized carbons (Fsp3) is 0.700. The Morgan fingerprint density at radius 1 is 1.17 bits per heavy atom. The third-order valence-corrected chi connectivity index (χ3v) is 1.70. The largest absolute Gasteiger partial charge is 0.437 e. The monoisotopic (exact) mass is 170 g/mol. The molecular weight excluding hydrogens is 152 g/mol. The SMILES string of the molecule is CCCCCCC/C=C\OC=O. The number of carbonyl (C=O) groups is 1. The molecule has 0 aliphatic heterocycles. The van der Waals surface area contributed by atoms with Crippen LogP contribution in [-0.4, -0.2) is 6.47 Å². The molecule has 0 aromatic carbocycles. The predicted octanol–water partition coefficient (Wildman–Crippen LogP) is 3.03. The van der Waals surface area contributed by atoms with E-state index in [9.17, 15) is 4.79 Å². The van der Waals surface area contributed by atoms with E-state index in [4.69, 9.17) is 0 Å². The molecule has 0 fully saturated rings. The number of carbonyl (C=O) groups excluding carboxylic acids is 1. The third-order valence-electron chi connectivity index (χ3n) is 1.70. The summed E-state index contributed by atoms with van der Waals surface area (Å²) < 4.78 is 4.40. The lowest BCUT2D eigenvalue weighted by molar-refractivity contribution is -0.123. The van der Waals surface area contributed by atoms with Crippen molar-refractivity contribution < 1.29 is 9.53 Å². The van der Waals surface area contributed by atoms with E-state index in [1.54, 1.807) is 0 Å². The highest BCUT2D eigenvalue weighted by molar-refractivity contribution is 5.38. The fourth-order valence-corrected chi connectivity index (χ4v) is 1.02. The normalized spacial score (nSPS) is 10.4. The molecule has 2 nitrogen and oxygen atoms in total. The Labute approximate surface area is 74.6 Å². The van der Waals surface area contributed by atoms with Crippen LogP contribution in [-0.2, 0) is 9.53 Å². The van der Waals surface area contributed by atoms with Crippen LogP contribution in [0.15, 0.2) is 12.3 Å². The van der Waals surface area contributed by atoms with Crippen molar-refractivity contribution in [2.24, 2.45) is 0 Å². The molecule has 12 heavy (non-hydrogen) atoms. The smallest absolute Gasteiger partial charge is 0.297 e. The van der Waals surface area contributed by atoms with Gasteiger partial charge in [-0.05, 0) is 18.9 Å². The van der Waals surface area contributed by atoms with Gasteiger partial charge in [-0.15, -0.1) is 0 Å². The highest BCUT2D eigenvalue weighted by Crippen LogP contribution is 2.04. The second-order valence-corrected chi connectivity index (χ2v) is 2.81. The Balaban J connectivity index is 2.94. The molecule has 70 valence electrons. The minimum atomic E-state index is 0.438. The van der Waals surface area contributed by atoms with Gasteiger partial charge in [0.15, 0.2) is 0 Å². The molecule has 0 aliphatic carbocycles. The van der Waals surface area contributed by atoms with Gasteiger partial charge in [-0.25, -0.2) is 0 Å². The molecule has 0 aliphatic rings. The highest BCUT2D eigenvalue weighted by Gasteiger charge is 1.85. The maximum absolute atomic E-state index is 9.71. The van der Waals surface area contributed by atoms with Crippen LogP contribution in [0, 0.1) is 0 Å². The molecule has 0 atom stereocenters. The molecule has 0 spiro atoms. The van der Waals surface area contributed by atoms with E-state index in [-0.39, 0.29) is 0 Å². The van der Waals surface area contributed by atoms with Gasteiger partial charge >= 0.3 is 0 Å². The van der Waals surface area contributed by atoms with Crippen LogP contribution in [0.1, 0.15) is 45.4 Å². The number of allylic oxidation sites excluding steroid dienone is 1. The topological polar surface area (TPSA) is 26.3 Å². The van der Waals surface area contributed by atoms with Crippen molar-refractivity contribution in [1.29, 1.82) is 0 Å². The van der Waals surface area contributed by atoms with Crippen LogP contribution in [0.4, 0.5) is 0 Å². The van der Waals surface area contributed by atoms with Gasteiger partial charge < -0.3 is 4.74 Å². The first-order valence-electron chi connectivity index (χ1n) is 4.66. The first-order chi connectivity index (χ1) is 5.91. The molecule has 0 unspecified atom stereocenters. The third kappa shape index (κ3) is 9.21. The van der Waals surface area contributed by atoms with Crippen molar-refractivity contribution in [3.05, 3.63) is 12.3 Å². The zero-order valence-electron chi connectivity index (χ0n) is 7.79. The van der Waals surface area contributed by atoms with Crippen molar-refractivity contribution in [2.45, 2.75) is 45.4 Å². The van der Waals surface area contributed by atoms with Crippen molar-refractivity contribution in [3.63, 3.8) is 0 Å². The molecule has 0 aromatic heterocycles. The van der Waals surface area contributed by atoms with E-state index in [1.807, 2.05) is 6.08 Å². The quantitative estimate of drug-likeness (QED) is 0.318. The molecule has 0 rings (SSSR count). The van der Waals surface area contributed by atoms with Crippen LogP contribution >= 0.6 is 0 Å². The predicted molar refractivity (Wildman–Crippen MR) is 49.7 cm³/mol. The Morgan fingerprint density at radius 3 is 2.58 bits per heavy atom. The summed E-state index contributed by atoms with van der Waals surface area (Å²) in [5.74, 6) is 0. The van der Waals surface area contributed by atoms with E-state index < -0.39 is 0 Å². The number of rotatable bonds is 8. The van der Waals surface area contributed by atoms with Gasteiger partial charge in [-0.1, -0.05) is 32.6 Å². The average Bonchev–Trinajstić information content (AvgIpc) is 2.10. The van der Waals surface area contributed by atoms with Crippen LogP contribution in [0.2, 0.25) is 0 Å². The average molecular weight is 170 g/mol. The van der Waals surface area contributed by atoms with Crippen molar-refractivity contribution in [1.82, 2.24) is 0 Å². The molecule has 0 saturated heterocycles. The van der Waals surface area contributed by atoms with E-state index in [1.165, 1.54) is 38.4 Å². The molecule has 0 heterocycles. The van der Waals surface area contributed by atoms with Crippen LogP contribution in [0.25, 0.3) is 0 Å². The molecule has 0 radical (unpaired) electrons. The molecule has 0 bridgehead atoms. The lowest BCUT2D eigenvalue weighted by atomic mass is 10.1. The Kier molecular flexibility index (Phi) is 9.54. The molecule has 0 amide bonds. The number of unbranched alkanes of at least 4 members (excludes halogenated alkanes) is 5. The van der Waals surface area contributed by atoms with Gasteiger partial charge in [-0.3, -0.25) is 4.79 Å². The first-order valence-corrected chi connectivity index (χ1v) is 4.66. The standard InChI is InChI=1S/C10H18O2/c1-2-3-4-5-6-7-8-9-12-10-11/h8-10H,2-7H2,1H3/b9-8-. The fourth-order valence-electron chi connectivity index (χ4n) is 1.02. The summed E-state index contributed by atoms with van der Waals surface area (Å²) in [6, 6.07) is 0. The van der Waals surface area contributed by atoms with Crippen LogP contribution in [0.5, 0.6) is 0 Å². The van der Waals surface area contributed by atoms with Gasteiger partial charge in [-0.2, -0.15) is 0 Å². The first kappa shape index (κ1) is 11.2. The summed E-state index contributed by atoms with van der Waals surface area (Å²) in [5, 5.41) is 0. The van der Waals surface area contributed by atoms with Gasteiger partial charge in [0.05, 0.1) is 6.26 Å². The van der Waals surface area contributed by atoms with Crippen molar-refractivity contribution in [3.8, 4) is 0 Å². The van der Waals surface area contributed by atoms with Crippen LogP contribution < -0.4 is 0 Å². The maximum Gasteiger partial charge on any atom is 0.297 e. The molecule has 0 aromatic rings. The second kappa shape index (κ2) is 10.2. The summed E-state index contributed by atoms with van der Waals surface area (Å²) in [7, 11) is 0. The molecule has 2 heteroatoms. The lowest BCUT2D eigenvalue weighted by Crippen LogP contribution is -1.77. The Morgan fingerprint density at radius 2 is 1.92 bits per heavy atom. The van der Waals surface area contributed by atoms with E-state index in [0.29, 0.717) is 6.47 Å². The lowest BCUT2D eigenvalue weighted by Gasteiger charge is -1.95. The second-order valence-electron chi connectivity index (χ2n) is 2.81. The van der Waals surface area contributed by atoms with Gasteiger partial charge in [0.2, 0.25) is 0 Å². The minimum Gasteiger partial charge on any atom is -0.437 e. The van der Waals surface area contributed by atoms with Crippen molar-refractivity contribution in [2.75, 3.05) is 0 Å². The van der Waals surface area contributed by atoms with Gasteiger partial charge in [0, 0.05) is 0 Å².